The number of aliphatic hydroxyl groups is 1. The first-order valence-corrected chi connectivity index (χ1v) is 6.41. The number of fused-ring (bicyclic) bond motifs is 1. The van der Waals surface area contributed by atoms with Crippen molar-refractivity contribution >= 4 is 11.6 Å². The van der Waals surface area contributed by atoms with E-state index in [9.17, 15) is 5.11 Å². The minimum atomic E-state index is -0.765. The normalized spacial score (nSPS) is 17.7. The molecule has 5 heteroatoms. The molecule has 1 aliphatic rings. The Labute approximate surface area is 112 Å². The van der Waals surface area contributed by atoms with Crippen molar-refractivity contribution < 1.29 is 14.6 Å². The van der Waals surface area contributed by atoms with Crippen LogP contribution in [0.2, 0.25) is 5.02 Å². The third-order valence-electron chi connectivity index (χ3n) is 3.10. The molecule has 18 heavy (non-hydrogen) atoms. The lowest BCUT2D eigenvalue weighted by Gasteiger charge is -2.25. The number of rotatable bonds is 3. The van der Waals surface area contributed by atoms with Crippen molar-refractivity contribution in [2.45, 2.75) is 26.0 Å². The molecule has 2 rings (SSSR count). The first kappa shape index (κ1) is 13.5. The molecule has 3 N–H and O–H groups in total. The molecule has 4 nitrogen and oxygen atoms in total. The van der Waals surface area contributed by atoms with Gasteiger partial charge < -0.3 is 20.3 Å². The molecule has 0 fully saturated rings. The van der Waals surface area contributed by atoms with Crippen LogP contribution in [-0.2, 0) is 0 Å². The molecule has 0 saturated heterocycles. The second-order valence-electron chi connectivity index (χ2n) is 4.79. The highest BCUT2D eigenvalue weighted by molar-refractivity contribution is 6.32. The summed E-state index contributed by atoms with van der Waals surface area (Å²) in [6, 6.07) is 3.08. The predicted molar refractivity (Wildman–Crippen MR) is 70.2 cm³/mol. The molecule has 0 spiro atoms. The smallest absolute Gasteiger partial charge is 0.179 e. The van der Waals surface area contributed by atoms with E-state index in [1.807, 2.05) is 13.8 Å². The zero-order valence-corrected chi connectivity index (χ0v) is 11.3. The fraction of sp³-hybridized carbons (Fsp3) is 0.538. The number of ether oxygens (including phenoxy) is 2. The molecule has 1 aromatic rings. The average Bonchev–Trinajstić information content (AvgIpc) is 2.36. The van der Waals surface area contributed by atoms with Crippen LogP contribution in [0.4, 0.5) is 0 Å². The summed E-state index contributed by atoms with van der Waals surface area (Å²) < 4.78 is 10.9. The average molecular weight is 272 g/mol. The van der Waals surface area contributed by atoms with Gasteiger partial charge in [0.25, 0.3) is 0 Å². The minimum absolute atomic E-state index is 0.173. The van der Waals surface area contributed by atoms with Crippen molar-refractivity contribution in [2.75, 3.05) is 13.2 Å². The summed E-state index contributed by atoms with van der Waals surface area (Å²) in [4.78, 5) is 0. The van der Waals surface area contributed by atoms with E-state index in [0.717, 1.165) is 0 Å². The lowest BCUT2D eigenvalue weighted by molar-refractivity contribution is 0.124. The van der Waals surface area contributed by atoms with Crippen molar-refractivity contribution in [3.05, 3.63) is 22.7 Å². The van der Waals surface area contributed by atoms with Crippen LogP contribution < -0.4 is 15.2 Å². The summed E-state index contributed by atoms with van der Waals surface area (Å²) in [6.45, 7) is 4.90. The molecule has 100 valence electrons. The Morgan fingerprint density at radius 1 is 1.28 bits per heavy atom. The van der Waals surface area contributed by atoms with Crippen molar-refractivity contribution in [3.8, 4) is 11.5 Å². The molecule has 0 saturated carbocycles. The number of nitrogens with two attached hydrogens (primary N) is 1. The van der Waals surface area contributed by atoms with Crippen molar-refractivity contribution in [2.24, 2.45) is 11.7 Å². The number of hydrogen-bond donors (Lipinski definition) is 2. The van der Waals surface area contributed by atoms with E-state index in [4.69, 9.17) is 26.8 Å². The first-order valence-electron chi connectivity index (χ1n) is 6.03. The highest BCUT2D eigenvalue weighted by Crippen LogP contribution is 2.40. The highest BCUT2D eigenvalue weighted by atomic mass is 35.5. The van der Waals surface area contributed by atoms with Gasteiger partial charge in [0.2, 0.25) is 0 Å². The van der Waals surface area contributed by atoms with E-state index in [1.54, 1.807) is 12.1 Å². The Bertz CT molecular complexity index is 436. The van der Waals surface area contributed by atoms with E-state index < -0.39 is 6.10 Å². The van der Waals surface area contributed by atoms with E-state index in [-0.39, 0.29) is 12.0 Å². The number of halogens is 1. The second kappa shape index (κ2) is 5.34. The van der Waals surface area contributed by atoms with Crippen LogP contribution in [0.3, 0.4) is 0 Å². The zero-order valence-electron chi connectivity index (χ0n) is 10.5. The van der Waals surface area contributed by atoms with Gasteiger partial charge in [-0.05, 0) is 23.6 Å². The largest absolute Gasteiger partial charge is 0.486 e. The van der Waals surface area contributed by atoms with Crippen LogP contribution in [0.5, 0.6) is 11.5 Å². The molecule has 2 unspecified atom stereocenters. The Balaban J connectivity index is 2.32. The van der Waals surface area contributed by atoms with Gasteiger partial charge >= 0.3 is 0 Å². The van der Waals surface area contributed by atoms with Crippen molar-refractivity contribution in [3.63, 3.8) is 0 Å². The molecule has 1 aliphatic heterocycles. The van der Waals surface area contributed by atoms with Crippen molar-refractivity contribution in [1.82, 2.24) is 0 Å². The van der Waals surface area contributed by atoms with E-state index in [1.165, 1.54) is 0 Å². The molecule has 0 aliphatic carbocycles. The van der Waals surface area contributed by atoms with Gasteiger partial charge in [0.15, 0.2) is 11.5 Å². The monoisotopic (exact) mass is 271 g/mol. The molecule has 0 amide bonds. The molecule has 0 radical (unpaired) electrons. The second-order valence-corrected chi connectivity index (χ2v) is 5.20. The molecule has 2 atom stereocenters. The van der Waals surface area contributed by atoms with Gasteiger partial charge in [0.1, 0.15) is 13.2 Å². The molecule has 0 aromatic heterocycles. The Kier molecular flexibility index (Phi) is 4.00. The third kappa shape index (κ3) is 2.55. The lowest BCUT2D eigenvalue weighted by Crippen LogP contribution is -2.33. The maximum absolute atomic E-state index is 10.2. The Morgan fingerprint density at radius 3 is 2.61 bits per heavy atom. The van der Waals surface area contributed by atoms with Gasteiger partial charge in [-0.3, -0.25) is 0 Å². The minimum Gasteiger partial charge on any atom is -0.486 e. The molecule has 0 bridgehead atoms. The lowest BCUT2D eigenvalue weighted by atomic mass is 9.94. The fourth-order valence-corrected chi connectivity index (χ4v) is 2.16. The summed E-state index contributed by atoms with van der Waals surface area (Å²) in [5.74, 6) is 1.28. The summed E-state index contributed by atoms with van der Waals surface area (Å²) in [7, 11) is 0. The van der Waals surface area contributed by atoms with E-state index >= 15 is 0 Å². The van der Waals surface area contributed by atoms with E-state index in [0.29, 0.717) is 35.3 Å². The topological polar surface area (TPSA) is 64.7 Å². The molecular weight excluding hydrogens is 254 g/mol. The van der Waals surface area contributed by atoms with Gasteiger partial charge in [0.05, 0.1) is 11.1 Å². The van der Waals surface area contributed by atoms with Crippen LogP contribution >= 0.6 is 11.6 Å². The Hall–Kier alpha value is -0.970. The summed E-state index contributed by atoms with van der Waals surface area (Å²) in [5.41, 5.74) is 6.61. The van der Waals surface area contributed by atoms with Crippen LogP contribution in [0.25, 0.3) is 0 Å². The molecular formula is C13H18ClNO3. The standard InChI is InChI=1S/C13H18ClNO3/c1-7(2)11(15)12(16)8-5-9(14)13-10(6-8)17-3-4-18-13/h5-7,11-12,16H,3-4,15H2,1-2H3. The van der Waals surface area contributed by atoms with E-state index in [2.05, 4.69) is 0 Å². The van der Waals surface area contributed by atoms with Crippen LogP contribution in [0, 0.1) is 5.92 Å². The van der Waals surface area contributed by atoms with Crippen LogP contribution in [0.1, 0.15) is 25.5 Å². The SMILES string of the molecule is CC(C)C(N)C(O)c1cc(Cl)c2c(c1)OCCO2. The fourth-order valence-electron chi connectivity index (χ4n) is 1.89. The predicted octanol–water partition coefficient (Wildman–Crippen LogP) is 2.13. The first-order chi connectivity index (χ1) is 8.50. The van der Waals surface area contributed by atoms with Gasteiger partial charge in [-0.15, -0.1) is 0 Å². The number of hydrogen-bond acceptors (Lipinski definition) is 4. The molecule has 1 heterocycles. The summed E-state index contributed by atoms with van der Waals surface area (Å²) >= 11 is 6.12. The number of benzene rings is 1. The van der Waals surface area contributed by atoms with Crippen molar-refractivity contribution in [1.29, 1.82) is 0 Å². The summed E-state index contributed by atoms with van der Waals surface area (Å²) in [5, 5.41) is 10.6. The number of aliphatic hydroxyl groups excluding tert-OH is 1. The summed E-state index contributed by atoms with van der Waals surface area (Å²) in [6.07, 6.45) is -0.765. The molecule has 1 aromatic carbocycles. The van der Waals surface area contributed by atoms with Gasteiger partial charge in [-0.2, -0.15) is 0 Å². The van der Waals surface area contributed by atoms with Crippen LogP contribution in [-0.4, -0.2) is 24.4 Å². The third-order valence-corrected chi connectivity index (χ3v) is 3.38. The van der Waals surface area contributed by atoms with Crippen LogP contribution in [0.15, 0.2) is 12.1 Å². The maximum atomic E-state index is 10.2. The van der Waals surface area contributed by atoms with Gasteiger partial charge in [-0.1, -0.05) is 25.4 Å². The van der Waals surface area contributed by atoms with Gasteiger partial charge in [0, 0.05) is 6.04 Å². The quantitative estimate of drug-likeness (QED) is 0.884. The maximum Gasteiger partial charge on any atom is 0.179 e. The Morgan fingerprint density at radius 2 is 1.94 bits per heavy atom. The highest BCUT2D eigenvalue weighted by Gasteiger charge is 2.24. The zero-order chi connectivity index (χ0) is 13.3. The van der Waals surface area contributed by atoms with Gasteiger partial charge in [-0.25, -0.2) is 0 Å².